The fourth-order valence-corrected chi connectivity index (χ4v) is 3.06. The van der Waals surface area contributed by atoms with E-state index in [0.717, 1.165) is 0 Å². The Hall–Kier alpha value is -1.67. The molecule has 0 bridgehead atoms. The van der Waals surface area contributed by atoms with Crippen LogP contribution in [0.3, 0.4) is 0 Å². The van der Waals surface area contributed by atoms with Gasteiger partial charge in [-0.3, -0.25) is 9.59 Å². The van der Waals surface area contributed by atoms with Gasteiger partial charge in [0.1, 0.15) is 11.6 Å². The number of likely N-dealkylation sites (N-methyl/N-ethyl adjacent to an activating group) is 1. The third-order valence-corrected chi connectivity index (χ3v) is 4.56. The quantitative estimate of drug-likeness (QED) is 0.732. The third-order valence-electron chi connectivity index (χ3n) is 3.94. The number of carbonyl (C=O) groups is 2. The zero-order valence-corrected chi connectivity index (χ0v) is 16.3. The monoisotopic (exact) mass is 415 g/mol. The van der Waals surface area contributed by atoms with Crippen molar-refractivity contribution in [1.29, 1.82) is 0 Å². The average molecular weight is 416 g/mol. The van der Waals surface area contributed by atoms with Crippen LogP contribution in [0.1, 0.15) is 6.92 Å². The normalized spacial score (nSPS) is 16.1. The second-order valence-electron chi connectivity index (χ2n) is 6.28. The minimum atomic E-state index is -0.689. The summed E-state index contributed by atoms with van der Waals surface area (Å²) in [5, 5.41) is 0. The van der Waals surface area contributed by atoms with E-state index >= 15 is 0 Å². The Morgan fingerprint density at radius 1 is 1.24 bits per heavy atom. The predicted molar refractivity (Wildman–Crippen MR) is 95.9 cm³/mol. The molecule has 2 amide bonds. The molecule has 0 N–H and O–H groups in total. The second-order valence-corrected chi connectivity index (χ2v) is 7.13. The Bertz CT molecular complexity index is 634. The third kappa shape index (κ3) is 5.40. The lowest BCUT2D eigenvalue weighted by Gasteiger charge is -2.36. The average Bonchev–Trinajstić information content (AvgIpc) is 2.56. The molecule has 1 unspecified atom stereocenters. The van der Waals surface area contributed by atoms with Crippen LogP contribution in [0.15, 0.2) is 22.7 Å². The van der Waals surface area contributed by atoms with Crippen molar-refractivity contribution < 1.29 is 18.7 Å². The highest BCUT2D eigenvalue weighted by Crippen LogP contribution is 2.26. The molecule has 1 atom stereocenters. The number of hydrogen-bond acceptors (Lipinski definition) is 4. The lowest BCUT2D eigenvalue weighted by Crippen LogP contribution is -2.54. The Balaban J connectivity index is 1.88. The zero-order valence-electron chi connectivity index (χ0n) is 14.7. The number of piperazine rings is 1. The van der Waals surface area contributed by atoms with Gasteiger partial charge in [0.15, 0.2) is 6.10 Å². The summed E-state index contributed by atoms with van der Waals surface area (Å²) < 4.78 is 19.2. The van der Waals surface area contributed by atoms with Crippen molar-refractivity contribution >= 4 is 27.7 Å². The Morgan fingerprint density at radius 2 is 1.84 bits per heavy atom. The lowest BCUT2D eigenvalue weighted by atomic mass is 10.2. The molecular weight excluding hydrogens is 393 g/mol. The van der Waals surface area contributed by atoms with Gasteiger partial charge in [-0.15, -0.1) is 0 Å². The Morgan fingerprint density at radius 3 is 2.40 bits per heavy atom. The van der Waals surface area contributed by atoms with E-state index in [1.165, 1.54) is 18.2 Å². The van der Waals surface area contributed by atoms with Crippen LogP contribution in [-0.4, -0.2) is 79.4 Å². The molecule has 8 heteroatoms. The molecular formula is C17H23BrFN3O3. The second kappa shape index (κ2) is 8.62. The molecule has 1 aliphatic heterocycles. The number of hydrogen-bond donors (Lipinski definition) is 0. The topological polar surface area (TPSA) is 53.1 Å². The van der Waals surface area contributed by atoms with Crippen molar-refractivity contribution in [2.75, 3.05) is 46.8 Å². The summed E-state index contributed by atoms with van der Waals surface area (Å²) in [6.45, 7) is 4.04. The molecule has 1 saturated heterocycles. The van der Waals surface area contributed by atoms with Gasteiger partial charge in [-0.05, 0) is 55.1 Å². The molecule has 1 heterocycles. The summed E-state index contributed by atoms with van der Waals surface area (Å²) in [5.74, 6) is -0.0358. The van der Waals surface area contributed by atoms with Gasteiger partial charge in [0.25, 0.3) is 5.91 Å². The molecule has 2 rings (SSSR count). The molecule has 1 fully saturated rings. The van der Waals surface area contributed by atoms with Gasteiger partial charge < -0.3 is 19.4 Å². The van der Waals surface area contributed by atoms with E-state index in [9.17, 15) is 14.0 Å². The molecule has 0 spiro atoms. The maximum absolute atomic E-state index is 13.1. The number of nitrogens with zero attached hydrogens (tertiary/aromatic N) is 3. The van der Waals surface area contributed by atoms with Gasteiger partial charge in [-0.25, -0.2) is 4.39 Å². The summed E-state index contributed by atoms with van der Waals surface area (Å²) in [7, 11) is 3.70. The van der Waals surface area contributed by atoms with Gasteiger partial charge in [-0.2, -0.15) is 0 Å². The fraction of sp³-hybridized carbons (Fsp3) is 0.529. The molecule has 6 nitrogen and oxygen atoms in total. The summed E-state index contributed by atoms with van der Waals surface area (Å²) >= 11 is 3.23. The van der Waals surface area contributed by atoms with Crippen LogP contribution in [0, 0.1) is 5.82 Å². The van der Waals surface area contributed by atoms with Crippen LogP contribution in [-0.2, 0) is 9.59 Å². The molecule has 1 aromatic carbocycles. The van der Waals surface area contributed by atoms with Crippen LogP contribution >= 0.6 is 15.9 Å². The molecule has 25 heavy (non-hydrogen) atoms. The highest BCUT2D eigenvalue weighted by Gasteiger charge is 2.28. The maximum Gasteiger partial charge on any atom is 0.263 e. The Labute approximate surface area is 155 Å². The lowest BCUT2D eigenvalue weighted by molar-refractivity contribution is -0.144. The molecule has 0 aromatic heterocycles. The van der Waals surface area contributed by atoms with Crippen molar-refractivity contribution in [1.82, 2.24) is 14.7 Å². The minimum absolute atomic E-state index is 0.0663. The van der Waals surface area contributed by atoms with Gasteiger partial charge in [0.2, 0.25) is 5.91 Å². The minimum Gasteiger partial charge on any atom is -0.480 e. The van der Waals surface area contributed by atoms with E-state index in [-0.39, 0.29) is 17.6 Å². The van der Waals surface area contributed by atoms with Gasteiger partial charge in [0, 0.05) is 26.2 Å². The van der Waals surface area contributed by atoms with Gasteiger partial charge >= 0.3 is 0 Å². The summed E-state index contributed by atoms with van der Waals surface area (Å²) in [5.41, 5.74) is 0. The molecule has 0 saturated carbocycles. The number of benzene rings is 1. The summed E-state index contributed by atoms with van der Waals surface area (Å²) in [4.78, 5) is 29.9. The van der Waals surface area contributed by atoms with Crippen molar-refractivity contribution in [3.63, 3.8) is 0 Å². The molecule has 0 aliphatic carbocycles. The van der Waals surface area contributed by atoms with E-state index in [0.29, 0.717) is 42.9 Å². The number of halogens is 2. The first kappa shape index (κ1) is 19.7. The number of ether oxygens (including phenoxy) is 1. The van der Waals surface area contributed by atoms with Gasteiger partial charge in [0.05, 0.1) is 11.0 Å². The molecule has 138 valence electrons. The van der Waals surface area contributed by atoms with E-state index in [1.807, 2.05) is 19.0 Å². The van der Waals surface area contributed by atoms with Gasteiger partial charge in [-0.1, -0.05) is 0 Å². The first-order chi connectivity index (χ1) is 11.8. The summed E-state index contributed by atoms with van der Waals surface area (Å²) in [6.07, 6.45) is -0.689. The van der Waals surface area contributed by atoms with Crippen LogP contribution in [0.25, 0.3) is 0 Å². The van der Waals surface area contributed by atoms with Crippen LogP contribution in [0.5, 0.6) is 5.75 Å². The highest BCUT2D eigenvalue weighted by atomic mass is 79.9. The first-order valence-corrected chi connectivity index (χ1v) is 8.90. The van der Waals surface area contributed by atoms with E-state index < -0.39 is 6.10 Å². The largest absolute Gasteiger partial charge is 0.480 e. The SMILES string of the molecule is CC(Oc1ccc(F)cc1Br)C(=O)N1CCN(C(=O)CN(C)C)CC1. The van der Waals surface area contributed by atoms with E-state index in [4.69, 9.17) is 4.74 Å². The zero-order chi connectivity index (χ0) is 18.6. The van der Waals surface area contributed by atoms with Crippen molar-refractivity contribution in [2.45, 2.75) is 13.0 Å². The maximum atomic E-state index is 13.1. The molecule has 0 radical (unpaired) electrons. The van der Waals surface area contributed by atoms with Crippen molar-refractivity contribution in [3.05, 3.63) is 28.5 Å². The number of amides is 2. The van der Waals surface area contributed by atoms with Crippen molar-refractivity contribution in [2.24, 2.45) is 0 Å². The summed E-state index contributed by atoms with van der Waals surface area (Å²) in [6, 6.07) is 4.06. The van der Waals surface area contributed by atoms with Crippen LogP contribution in [0.2, 0.25) is 0 Å². The Kier molecular flexibility index (Phi) is 6.78. The predicted octanol–water partition coefficient (Wildman–Crippen LogP) is 1.59. The van der Waals surface area contributed by atoms with Crippen LogP contribution in [0.4, 0.5) is 4.39 Å². The smallest absolute Gasteiger partial charge is 0.263 e. The molecule has 1 aromatic rings. The van der Waals surface area contributed by atoms with Crippen molar-refractivity contribution in [3.8, 4) is 5.75 Å². The van der Waals surface area contributed by atoms with E-state index in [2.05, 4.69) is 15.9 Å². The number of carbonyl (C=O) groups excluding carboxylic acids is 2. The molecule has 1 aliphatic rings. The first-order valence-electron chi connectivity index (χ1n) is 8.11. The fourth-order valence-electron chi connectivity index (χ4n) is 2.62. The standard InChI is InChI=1S/C17H23BrFN3O3/c1-12(25-15-5-4-13(19)10-14(15)18)17(24)22-8-6-21(7-9-22)16(23)11-20(2)3/h4-5,10,12H,6-9,11H2,1-3H3. The number of rotatable bonds is 5. The van der Waals surface area contributed by atoms with Crippen LogP contribution < -0.4 is 4.74 Å². The van der Waals surface area contributed by atoms with E-state index in [1.54, 1.807) is 16.7 Å². The highest BCUT2D eigenvalue weighted by molar-refractivity contribution is 9.10.